The number of nitrogens with one attached hydrogen (secondary N) is 3. The van der Waals surface area contributed by atoms with Gasteiger partial charge in [-0.25, -0.2) is 4.99 Å². The number of aliphatic imine (C=N–C) groups is 1. The van der Waals surface area contributed by atoms with E-state index in [0.717, 1.165) is 13.0 Å². The van der Waals surface area contributed by atoms with Gasteiger partial charge in [0.15, 0.2) is 5.96 Å². The molecule has 0 aromatic rings. The zero-order chi connectivity index (χ0) is 20.9. The molecule has 0 aliphatic carbocycles. The highest BCUT2D eigenvalue weighted by Gasteiger charge is 2.27. The lowest BCUT2D eigenvalue weighted by atomic mass is 9.92. The Morgan fingerprint density at radius 2 is 1.74 bits per heavy atom. The number of nitrogens with zero attached hydrogens (tertiary/aromatic N) is 2. The molecule has 2 amide bonds. The third-order valence-corrected chi connectivity index (χ3v) is 4.62. The molecule has 0 aromatic carbocycles. The summed E-state index contributed by atoms with van der Waals surface area (Å²) in [5, 5.41) is 9.45. The normalized spacial score (nSPS) is 13.1. The van der Waals surface area contributed by atoms with Gasteiger partial charge in [-0.05, 0) is 33.1 Å². The Hall–Kier alpha value is -1.79. The molecule has 0 aliphatic rings. The first kappa shape index (κ1) is 25.2. The lowest BCUT2D eigenvalue weighted by Gasteiger charge is -2.25. The zero-order valence-electron chi connectivity index (χ0n) is 18.4. The fraction of sp³-hybridized carbons (Fsp3) is 0.850. The van der Waals surface area contributed by atoms with Crippen LogP contribution in [0.25, 0.3) is 0 Å². The molecule has 0 fully saturated rings. The number of carbonyl (C=O) groups excluding carboxylic acids is 2. The van der Waals surface area contributed by atoms with Crippen molar-refractivity contribution in [1.29, 1.82) is 0 Å². The van der Waals surface area contributed by atoms with E-state index < -0.39 is 5.41 Å². The van der Waals surface area contributed by atoms with Crippen LogP contribution in [0.4, 0.5) is 0 Å². The number of carbonyl (C=O) groups is 2. The van der Waals surface area contributed by atoms with E-state index in [1.165, 1.54) is 24.2 Å². The van der Waals surface area contributed by atoms with Crippen molar-refractivity contribution in [2.45, 2.75) is 60.3 Å². The molecule has 27 heavy (non-hydrogen) atoms. The molecule has 0 radical (unpaired) electrons. The fourth-order valence-electron chi connectivity index (χ4n) is 2.43. The number of unbranched alkanes of at least 4 members (excludes halogenated alkanes) is 1. The molecule has 0 rings (SSSR count). The number of likely N-dealkylation sites (N-methyl/N-ethyl adjacent to an activating group) is 1. The van der Waals surface area contributed by atoms with Gasteiger partial charge in [0.05, 0.1) is 5.41 Å². The Morgan fingerprint density at radius 3 is 2.26 bits per heavy atom. The Kier molecular flexibility index (Phi) is 12.5. The van der Waals surface area contributed by atoms with Crippen molar-refractivity contribution in [3.8, 4) is 0 Å². The zero-order valence-corrected chi connectivity index (χ0v) is 18.4. The van der Waals surface area contributed by atoms with Crippen LogP contribution in [0.3, 0.4) is 0 Å². The monoisotopic (exact) mass is 383 g/mol. The van der Waals surface area contributed by atoms with Gasteiger partial charge in [0, 0.05) is 33.7 Å². The van der Waals surface area contributed by atoms with Crippen LogP contribution >= 0.6 is 0 Å². The van der Waals surface area contributed by atoms with E-state index in [-0.39, 0.29) is 18.4 Å². The van der Waals surface area contributed by atoms with Gasteiger partial charge in [0.25, 0.3) is 0 Å². The topological polar surface area (TPSA) is 85.8 Å². The molecule has 3 N–H and O–H groups in total. The second-order valence-corrected chi connectivity index (χ2v) is 7.85. The first-order chi connectivity index (χ1) is 12.7. The molecule has 158 valence electrons. The number of rotatable bonds is 12. The third-order valence-electron chi connectivity index (χ3n) is 4.62. The van der Waals surface area contributed by atoms with E-state index in [9.17, 15) is 9.59 Å². The van der Waals surface area contributed by atoms with Crippen molar-refractivity contribution in [3.63, 3.8) is 0 Å². The molecule has 0 spiro atoms. The standard InChI is InChI=1S/C20H41N5O2/c1-8-11-12-16(9-2)13-22-19(23-14-17(26)25(6)7)24-15-20(4,5)18(27)21-10-3/h16H,8-15H2,1-7H3,(H,21,27)(H2,22,23,24). The van der Waals surface area contributed by atoms with Gasteiger partial charge in [-0.15, -0.1) is 0 Å². The van der Waals surface area contributed by atoms with Crippen LogP contribution in [0, 0.1) is 11.3 Å². The average Bonchev–Trinajstić information content (AvgIpc) is 2.62. The summed E-state index contributed by atoms with van der Waals surface area (Å²) in [5.74, 6) is 1.09. The Morgan fingerprint density at radius 1 is 1.07 bits per heavy atom. The summed E-state index contributed by atoms with van der Waals surface area (Å²) >= 11 is 0. The van der Waals surface area contributed by atoms with Crippen molar-refractivity contribution >= 4 is 17.8 Å². The van der Waals surface area contributed by atoms with E-state index in [1.807, 2.05) is 20.8 Å². The van der Waals surface area contributed by atoms with Gasteiger partial charge in [0.1, 0.15) is 6.54 Å². The molecule has 0 aromatic heterocycles. The molecule has 0 bridgehead atoms. The smallest absolute Gasteiger partial charge is 0.243 e. The lowest BCUT2D eigenvalue weighted by Crippen LogP contribution is -2.48. The second kappa shape index (κ2) is 13.4. The quantitative estimate of drug-likeness (QED) is 0.355. The average molecular weight is 384 g/mol. The van der Waals surface area contributed by atoms with E-state index >= 15 is 0 Å². The number of amides is 2. The SMILES string of the molecule is CCCCC(CC)CNC(=NCC(=O)N(C)C)NCC(C)(C)C(=O)NCC. The van der Waals surface area contributed by atoms with Crippen molar-refractivity contribution in [1.82, 2.24) is 20.9 Å². The Labute approximate surface area is 165 Å². The second-order valence-electron chi connectivity index (χ2n) is 7.85. The van der Waals surface area contributed by atoms with Crippen molar-refractivity contribution < 1.29 is 9.59 Å². The summed E-state index contributed by atoms with van der Waals surface area (Å²) in [6.07, 6.45) is 4.67. The maximum absolute atomic E-state index is 12.2. The summed E-state index contributed by atoms with van der Waals surface area (Å²) < 4.78 is 0. The summed E-state index contributed by atoms with van der Waals surface area (Å²) in [5.41, 5.74) is -0.573. The maximum atomic E-state index is 12.2. The first-order valence-corrected chi connectivity index (χ1v) is 10.2. The third kappa shape index (κ3) is 10.8. The predicted molar refractivity (Wildman–Crippen MR) is 113 cm³/mol. The van der Waals surface area contributed by atoms with Crippen molar-refractivity contribution in [2.75, 3.05) is 40.3 Å². The minimum atomic E-state index is -0.573. The molecule has 0 saturated carbocycles. The van der Waals surface area contributed by atoms with Gasteiger partial charge in [-0.3, -0.25) is 9.59 Å². The summed E-state index contributed by atoms with van der Waals surface area (Å²) in [6, 6.07) is 0. The van der Waals surface area contributed by atoms with Crippen LogP contribution in [0.2, 0.25) is 0 Å². The highest BCUT2D eigenvalue weighted by molar-refractivity contribution is 5.86. The molecule has 7 nitrogen and oxygen atoms in total. The molecule has 0 aliphatic heterocycles. The van der Waals surface area contributed by atoms with Gasteiger partial charge in [-0.2, -0.15) is 0 Å². The minimum Gasteiger partial charge on any atom is -0.356 e. The lowest BCUT2D eigenvalue weighted by molar-refractivity contribution is -0.129. The Balaban J connectivity index is 4.94. The van der Waals surface area contributed by atoms with Gasteiger partial charge < -0.3 is 20.9 Å². The number of hydrogen-bond donors (Lipinski definition) is 3. The summed E-state index contributed by atoms with van der Waals surface area (Å²) in [7, 11) is 3.43. The van der Waals surface area contributed by atoms with Crippen LogP contribution in [0.5, 0.6) is 0 Å². The van der Waals surface area contributed by atoms with E-state index in [4.69, 9.17) is 0 Å². The molecule has 7 heteroatoms. The van der Waals surface area contributed by atoms with E-state index in [1.54, 1.807) is 14.1 Å². The van der Waals surface area contributed by atoms with Crippen LogP contribution in [-0.2, 0) is 9.59 Å². The van der Waals surface area contributed by atoms with Crippen molar-refractivity contribution in [2.24, 2.45) is 16.3 Å². The first-order valence-electron chi connectivity index (χ1n) is 10.2. The van der Waals surface area contributed by atoms with Crippen LogP contribution in [0.1, 0.15) is 60.3 Å². The molecule has 1 atom stereocenters. The Bertz CT molecular complexity index is 475. The summed E-state index contributed by atoms with van der Waals surface area (Å²) in [6.45, 7) is 12.0. The van der Waals surface area contributed by atoms with Gasteiger partial charge in [-0.1, -0.05) is 33.1 Å². The maximum Gasteiger partial charge on any atom is 0.243 e. The van der Waals surface area contributed by atoms with Crippen molar-refractivity contribution in [3.05, 3.63) is 0 Å². The highest BCUT2D eigenvalue weighted by Crippen LogP contribution is 2.14. The molecular formula is C20H41N5O2. The van der Waals surface area contributed by atoms with Crippen LogP contribution in [-0.4, -0.2) is 62.9 Å². The molecule has 0 heterocycles. The summed E-state index contributed by atoms with van der Waals surface area (Å²) in [4.78, 5) is 30.0. The largest absolute Gasteiger partial charge is 0.356 e. The van der Waals surface area contributed by atoms with Gasteiger partial charge >= 0.3 is 0 Å². The molecule has 1 unspecified atom stereocenters. The number of hydrogen-bond acceptors (Lipinski definition) is 3. The number of guanidine groups is 1. The van der Waals surface area contributed by atoms with E-state index in [2.05, 4.69) is 34.8 Å². The van der Waals surface area contributed by atoms with Gasteiger partial charge in [0.2, 0.25) is 11.8 Å². The fourth-order valence-corrected chi connectivity index (χ4v) is 2.43. The minimum absolute atomic E-state index is 0.00408. The van der Waals surface area contributed by atoms with Crippen LogP contribution < -0.4 is 16.0 Å². The van der Waals surface area contributed by atoms with Crippen LogP contribution in [0.15, 0.2) is 4.99 Å². The molecular weight excluding hydrogens is 342 g/mol. The molecule has 0 saturated heterocycles. The predicted octanol–water partition coefficient (Wildman–Crippen LogP) is 1.99. The van der Waals surface area contributed by atoms with E-state index in [0.29, 0.717) is 25.0 Å². The highest BCUT2D eigenvalue weighted by atomic mass is 16.2.